The molecule has 0 bridgehead atoms. The summed E-state index contributed by atoms with van der Waals surface area (Å²) in [5, 5.41) is 2.74. The molecule has 0 aliphatic heterocycles. The molecule has 9 rings (SSSR count). The zero-order valence-corrected chi connectivity index (χ0v) is 26.1. The second kappa shape index (κ2) is 8.27. The van der Waals surface area contributed by atoms with Gasteiger partial charge in [0.15, 0.2) is 0 Å². The monoisotopic (exact) mass is 586 g/mol. The molecule has 4 aromatic heterocycles. The van der Waals surface area contributed by atoms with E-state index in [1.165, 1.54) is 93.9 Å². The number of rotatable bonds is 2. The topological polar surface area (TPSA) is 0 Å². The Bertz CT molecular complexity index is 2050. The van der Waals surface area contributed by atoms with E-state index in [1.807, 2.05) is 45.3 Å². The Morgan fingerprint density at radius 3 is 1.35 bits per heavy atom. The van der Waals surface area contributed by atoms with E-state index < -0.39 is 0 Å². The van der Waals surface area contributed by atoms with Crippen molar-refractivity contribution in [1.82, 2.24) is 0 Å². The maximum absolute atomic E-state index is 2.49. The van der Waals surface area contributed by atoms with Crippen molar-refractivity contribution in [2.24, 2.45) is 0 Å². The van der Waals surface area contributed by atoms with Crippen LogP contribution in [0.3, 0.4) is 0 Å². The average Bonchev–Trinajstić information content (AvgIpc) is 3.73. The second-order valence-corrected chi connectivity index (χ2v) is 15.8. The van der Waals surface area contributed by atoms with Crippen molar-refractivity contribution >= 4 is 65.5 Å². The number of benzene rings is 3. The highest BCUT2D eigenvalue weighted by atomic mass is 32.1. The number of hydrogen-bond acceptors (Lipinski definition) is 4. The molecule has 0 amide bonds. The van der Waals surface area contributed by atoms with Gasteiger partial charge in [0.25, 0.3) is 0 Å². The SMILES string of the molecule is Cc1ccc2sc(-c3cc4c(s3)-c3c(C)c5c(c(C)c3C4)-c3sc(-c4cc6cc(C)ccc6s4)cc3C5)cc2c1. The van der Waals surface area contributed by atoms with Crippen molar-refractivity contribution < 1.29 is 0 Å². The molecule has 0 unspecified atom stereocenters. The smallest absolute Gasteiger partial charge is 0.0455 e. The van der Waals surface area contributed by atoms with Crippen molar-refractivity contribution in [2.75, 3.05) is 0 Å². The van der Waals surface area contributed by atoms with Crippen molar-refractivity contribution in [1.29, 1.82) is 0 Å². The lowest BCUT2D eigenvalue weighted by Crippen LogP contribution is -1.97. The summed E-state index contributed by atoms with van der Waals surface area (Å²) in [7, 11) is 0. The van der Waals surface area contributed by atoms with Gasteiger partial charge in [-0.1, -0.05) is 35.4 Å². The van der Waals surface area contributed by atoms with Gasteiger partial charge in [0.2, 0.25) is 0 Å². The molecule has 0 nitrogen and oxygen atoms in total. The molecule has 7 aromatic rings. The van der Waals surface area contributed by atoms with E-state index in [9.17, 15) is 0 Å². The van der Waals surface area contributed by atoms with Gasteiger partial charge in [-0.15, -0.1) is 45.3 Å². The fraction of sp³-hybridized carbons (Fsp3) is 0.167. The quantitative estimate of drug-likeness (QED) is 0.189. The first kappa shape index (κ1) is 23.7. The van der Waals surface area contributed by atoms with Crippen LogP contribution in [0.5, 0.6) is 0 Å². The van der Waals surface area contributed by atoms with Gasteiger partial charge < -0.3 is 0 Å². The highest BCUT2D eigenvalue weighted by molar-refractivity contribution is 7.28. The fourth-order valence-corrected chi connectivity index (χ4v) is 11.8. The molecule has 3 aromatic carbocycles. The minimum absolute atomic E-state index is 1.06. The lowest BCUT2D eigenvalue weighted by Gasteiger charge is -2.16. The number of thiophene rings is 4. The van der Waals surface area contributed by atoms with Crippen LogP contribution in [0.25, 0.3) is 60.6 Å². The van der Waals surface area contributed by atoms with E-state index in [4.69, 9.17) is 0 Å². The average molecular weight is 587 g/mol. The third-order valence-electron chi connectivity index (χ3n) is 8.89. The Balaban J connectivity index is 1.13. The molecule has 2 aliphatic rings. The molecule has 4 heterocycles. The summed E-state index contributed by atoms with van der Waals surface area (Å²) in [6.07, 6.45) is 2.13. The van der Waals surface area contributed by atoms with Gasteiger partial charge in [-0.3, -0.25) is 0 Å². The molecule has 0 spiro atoms. The number of aryl methyl sites for hydroxylation is 2. The van der Waals surface area contributed by atoms with Gasteiger partial charge in [-0.05, 0) is 132 Å². The van der Waals surface area contributed by atoms with E-state index in [2.05, 4.69) is 88.4 Å². The summed E-state index contributed by atoms with van der Waals surface area (Å²) < 4.78 is 2.77. The molecule has 0 saturated heterocycles. The zero-order chi connectivity index (χ0) is 26.9. The van der Waals surface area contributed by atoms with Gasteiger partial charge in [0.05, 0.1) is 0 Å². The molecule has 0 radical (unpaired) electrons. The largest absolute Gasteiger partial charge is 0.134 e. The lowest BCUT2D eigenvalue weighted by molar-refractivity contribution is 1.17. The Kier molecular flexibility index (Phi) is 4.89. The number of fused-ring (bicyclic) bond motifs is 8. The molecule has 4 heteroatoms. The van der Waals surface area contributed by atoms with Gasteiger partial charge in [0, 0.05) is 38.7 Å². The minimum Gasteiger partial charge on any atom is -0.134 e. The predicted molar refractivity (Wildman–Crippen MR) is 179 cm³/mol. The molecular weight excluding hydrogens is 561 g/mol. The molecule has 0 saturated carbocycles. The predicted octanol–water partition coefficient (Wildman–Crippen LogP) is 11.9. The zero-order valence-electron chi connectivity index (χ0n) is 22.8. The van der Waals surface area contributed by atoms with Crippen LogP contribution in [0.15, 0.2) is 60.7 Å². The van der Waals surface area contributed by atoms with E-state index >= 15 is 0 Å². The molecule has 0 fully saturated rings. The molecule has 2 aliphatic carbocycles. The summed E-state index contributed by atoms with van der Waals surface area (Å²) in [6, 6.07) is 23.4. The molecule has 194 valence electrons. The Morgan fingerprint density at radius 1 is 0.475 bits per heavy atom. The van der Waals surface area contributed by atoms with Gasteiger partial charge in [0.1, 0.15) is 0 Å². The molecule has 0 atom stereocenters. The van der Waals surface area contributed by atoms with Crippen LogP contribution in [0.2, 0.25) is 0 Å². The molecule has 0 N–H and O–H groups in total. The first-order valence-corrected chi connectivity index (χ1v) is 17.1. The second-order valence-electron chi connectivity index (χ2n) is 11.5. The van der Waals surface area contributed by atoms with E-state index in [-0.39, 0.29) is 0 Å². The van der Waals surface area contributed by atoms with Crippen molar-refractivity contribution in [3.63, 3.8) is 0 Å². The standard InChI is InChI=1S/C36H26S4/c1-17-5-7-27-21(9-17)13-29(37-27)31-15-23-11-25-20(4)34-26(19(3)33(25)35(23)39-31)12-24-16-32(40-36(24)34)30-14-22-10-18(2)6-8-28(22)38-30/h5-10,13-16H,11-12H2,1-4H3. The first-order chi connectivity index (χ1) is 19.4. The van der Waals surface area contributed by atoms with Crippen LogP contribution in [0, 0.1) is 27.7 Å². The summed E-state index contributed by atoms with van der Waals surface area (Å²) >= 11 is 7.88. The van der Waals surface area contributed by atoms with Crippen LogP contribution in [0.1, 0.15) is 44.5 Å². The normalized spacial score (nSPS) is 13.3. The Hall–Kier alpha value is -3.02. The summed E-state index contributed by atoms with van der Waals surface area (Å²) in [5.74, 6) is 0. The maximum Gasteiger partial charge on any atom is 0.0455 e. The Morgan fingerprint density at radius 2 is 0.900 bits per heavy atom. The van der Waals surface area contributed by atoms with Gasteiger partial charge in [-0.2, -0.15) is 0 Å². The van der Waals surface area contributed by atoms with Crippen molar-refractivity contribution in [2.45, 2.75) is 40.5 Å². The fourth-order valence-electron chi connectivity index (χ4n) is 6.92. The van der Waals surface area contributed by atoms with Crippen molar-refractivity contribution in [3.8, 4) is 40.4 Å². The van der Waals surface area contributed by atoms with E-state index in [0.717, 1.165) is 12.8 Å². The molecular formula is C36H26S4. The Labute approximate surface area is 250 Å². The molecule has 40 heavy (non-hydrogen) atoms. The summed E-state index contributed by atoms with van der Waals surface area (Å²) in [4.78, 5) is 8.69. The highest BCUT2D eigenvalue weighted by Crippen LogP contribution is 2.56. The van der Waals surface area contributed by atoms with Crippen LogP contribution < -0.4 is 0 Å². The summed E-state index contributed by atoms with van der Waals surface area (Å²) in [5.41, 5.74) is 14.9. The maximum atomic E-state index is 2.49. The van der Waals surface area contributed by atoms with Crippen LogP contribution in [-0.4, -0.2) is 0 Å². The van der Waals surface area contributed by atoms with Gasteiger partial charge in [-0.25, -0.2) is 0 Å². The number of hydrogen-bond donors (Lipinski definition) is 0. The lowest BCUT2D eigenvalue weighted by atomic mass is 9.90. The summed E-state index contributed by atoms with van der Waals surface area (Å²) in [6.45, 7) is 9.14. The van der Waals surface area contributed by atoms with E-state index in [1.54, 1.807) is 11.1 Å². The third kappa shape index (κ3) is 3.28. The van der Waals surface area contributed by atoms with Gasteiger partial charge >= 0.3 is 0 Å². The van der Waals surface area contributed by atoms with Crippen LogP contribution >= 0.6 is 45.3 Å². The van der Waals surface area contributed by atoms with E-state index in [0.29, 0.717) is 0 Å². The van der Waals surface area contributed by atoms with Crippen molar-refractivity contribution in [3.05, 3.63) is 105 Å². The highest BCUT2D eigenvalue weighted by Gasteiger charge is 2.34. The van der Waals surface area contributed by atoms with Crippen LogP contribution in [-0.2, 0) is 12.8 Å². The first-order valence-electron chi connectivity index (χ1n) is 13.8. The minimum atomic E-state index is 1.06. The third-order valence-corrected chi connectivity index (χ3v) is 13.9. The van der Waals surface area contributed by atoms with Crippen LogP contribution in [0.4, 0.5) is 0 Å².